The number of methoxy groups -OCH3 is 1. The molecule has 2 spiro atoms. The summed E-state index contributed by atoms with van der Waals surface area (Å²) in [5.41, 5.74) is -0.682. The molecule has 13 nitrogen and oxygen atoms in total. The molecule has 8 rings (SSSR count). The predicted octanol–water partition coefficient (Wildman–Crippen LogP) is 1.05. The zero-order valence-electron chi connectivity index (χ0n) is 31.0. The Kier molecular flexibility index (Phi) is 9.16. The van der Waals surface area contributed by atoms with Crippen LogP contribution in [-0.4, -0.2) is 136 Å². The summed E-state index contributed by atoms with van der Waals surface area (Å²) < 4.78 is 37.7. The van der Waals surface area contributed by atoms with Crippen LogP contribution in [0.3, 0.4) is 0 Å². The maximum absolute atomic E-state index is 11.2. The highest BCUT2D eigenvalue weighted by Crippen LogP contribution is 2.89. The van der Waals surface area contributed by atoms with Crippen LogP contribution >= 0.6 is 0 Å². The van der Waals surface area contributed by atoms with Crippen molar-refractivity contribution in [2.24, 2.45) is 50.7 Å². The van der Waals surface area contributed by atoms with E-state index in [-0.39, 0.29) is 58.6 Å². The first-order chi connectivity index (χ1) is 24.0. The maximum Gasteiger partial charge on any atom is 0.186 e. The molecule has 5 aliphatic carbocycles. The highest BCUT2D eigenvalue weighted by atomic mass is 16.7. The third-order valence-corrected chi connectivity index (χ3v) is 16.7. The number of aliphatic hydroxyl groups excluding tert-OH is 7. The van der Waals surface area contributed by atoms with Gasteiger partial charge in [0.25, 0.3) is 0 Å². The number of ether oxygens (including phenoxy) is 6. The Morgan fingerprint density at radius 3 is 2.20 bits per heavy atom. The molecular formula is C38H62O13. The number of fused-ring (bicyclic) bond motifs is 4. The molecule has 0 aromatic heterocycles. The van der Waals surface area contributed by atoms with Crippen LogP contribution in [0.15, 0.2) is 0 Å². The van der Waals surface area contributed by atoms with Crippen molar-refractivity contribution < 1.29 is 64.2 Å². The predicted molar refractivity (Wildman–Crippen MR) is 178 cm³/mol. The molecule has 7 N–H and O–H groups in total. The van der Waals surface area contributed by atoms with Crippen molar-refractivity contribution >= 4 is 0 Å². The van der Waals surface area contributed by atoms with Gasteiger partial charge in [0.05, 0.1) is 31.5 Å². The van der Waals surface area contributed by atoms with Crippen LogP contribution in [0.25, 0.3) is 0 Å². The number of aliphatic hydroxyl groups is 7. The van der Waals surface area contributed by atoms with Gasteiger partial charge in [-0.3, -0.25) is 0 Å². The van der Waals surface area contributed by atoms with E-state index in [0.29, 0.717) is 18.3 Å². The van der Waals surface area contributed by atoms with Gasteiger partial charge in [-0.05, 0) is 95.7 Å². The fourth-order valence-corrected chi connectivity index (χ4v) is 14.1. The molecule has 0 aromatic carbocycles. The van der Waals surface area contributed by atoms with Crippen LogP contribution in [0.4, 0.5) is 0 Å². The van der Waals surface area contributed by atoms with E-state index >= 15 is 0 Å². The monoisotopic (exact) mass is 726 g/mol. The topological polar surface area (TPSA) is 197 Å². The highest BCUT2D eigenvalue weighted by Gasteiger charge is 2.85. The molecule has 292 valence electrons. The Morgan fingerprint density at radius 1 is 0.765 bits per heavy atom. The first-order valence-electron chi connectivity index (χ1n) is 19.4. The first kappa shape index (κ1) is 37.4. The van der Waals surface area contributed by atoms with E-state index in [0.717, 1.165) is 44.9 Å². The molecule has 13 heteroatoms. The molecule has 3 saturated heterocycles. The molecule has 3 heterocycles. The van der Waals surface area contributed by atoms with E-state index in [4.69, 9.17) is 28.4 Å². The van der Waals surface area contributed by atoms with Gasteiger partial charge in [0.15, 0.2) is 18.9 Å². The maximum atomic E-state index is 11.2. The summed E-state index contributed by atoms with van der Waals surface area (Å²) in [6.07, 6.45) is -5.55. The minimum Gasteiger partial charge on any atom is -0.394 e. The molecule has 8 aliphatic rings. The third kappa shape index (κ3) is 5.06. The van der Waals surface area contributed by atoms with Gasteiger partial charge < -0.3 is 64.2 Å². The summed E-state index contributed by atoms with van der Waals surface area (Å²) in [6, 6.07) is 0. The molecule has 0 amide bonds. The number of rotatable bonds is 6. The molecule has 51 heavy (non-hydrogen) atoms. The quantitative estimate of drug-likeness (QED) is 0.192. The Hall–Kier alpha value is -0.520. The van der Waals surface area contributed by atoms with Gasteiger partial charge in [-0.15, -0.1) is 0 Å². The van der Waals surface area contributed by atoms with Crippen molar-refractivity contribution in [2.45, 2.75) is 166 Å². The largest absolute Gasteiger partial charge is 0.394 e. The van der Waals surface area contributed by atoms with Gasteiger partial charge in [-0.25, -0.2) is 0 Å². The number of hydrogen-bond donors (Lipinski definition) is 7. The average Bonchev–Trinajstić information content (AvgIpc) is 3.67. The van der Waals surface area contributed by atoms with Crippen molar-refractivity contribution in [3.63, 3.8) is 0 Å². The lowest BCUT2D eigenvalue weighted by atomic mass is 9.41. The van der Waals surface area contributed by atoms with Gasteiger partial charge >= 0.3 is 0 Å². The van der Waals surface area contributed by atoms with Crippen molar-refractivity contribution in [1.82, 2.24) is 0 Å². The summed E-state index contributed by atoms with van der Waals surface area (Å²) in [6.45, 7) is 11.0. The summed E-state index contributed by atoms with van der Waals surface area (Å²) in [5, 5.41) is 73.8. The summed E-state index contributed by atoms with van der Waals surface area (Å²) >= 11 is 0. The van der Waals surface area contributed by atoms with E-state index in [1.54, 1.807) is 7.11 Å². The van der Waals surface area contributed by atoms with Gasteiger partial charge in [0.2, 0.25) is 0 Å². The fraction of sp³-hybridized carbons (Fsp3) is 1.00. The molecule has 3 aliphatic heterocycles. The minimum absolute atomic E-state index is 0.0254. The summed E-state index contributed by atoms with van der Waals surface area (Å²) in [4.78, 5) is 0. The highest BCUT2D eigenvalue weighted by molar-refractivity contribution is 5.33. The zero-order valence-corrected chi connectivity index (χ0v) is 31.0. The van der Waals surface area contributed by atoms with Crippen molar-refractivity contribution in [3.8, 4) is 0 Å². The van der Waals surface area contributed by atoms with Crippen molar-refractivity contribution in [1.29, 1.82) is 0 Å². The molecule has 0 aromatic rings. The standard InChI is InChI=1S/C38H62O13/c1-17-11-24(46-6)48-20-13-36(5)31-19(49-33-30(45)28(43)27(42)21(14-39)50-33)12-22-34(2,3)23(51-32-29(44)26(41)18(40)15-47-32)7-8-37(22)16-38(31,37)10-9-35(36,4)25(17)20/h17-33,39-45H,7-16H2,1-6H3/t17-,18-,19+,20+,21-,22+,23+,24-,25+,26+,27-,28+,29-,30-,31+,32+,33-,35-,36+,37-,38+/m1/s1. The Balaban J connectivity index is 1.16. The van der Waals surface area contributed by atoms with Crippen LogP contribution in [-0.2, 0) is 28.4 Å². The lowest BCUT2D eigenvalue weighted by Crippen LogP contribution is -2.65. The summed E-state index contributed by atoms with van der Waals surface area (Å²) in [5.74, 6) is 0.967. The van der Waals surface area contributed by atoms with Crippen LogP contribution < -0.4 is 0 Å². The molecule has 8 fully saturated rings. The zero-order chi connectivity index (χ0) is 36.6. The molecule has 0 unspecified atom stereocenters. The first-order valence-corrected chi connectivity index (χ1v) is 19.4. The second kappa shape index (κ2) is 12.5. The van der Waals surface area contributed by atoms with E-state index in [9.17, 15) is 35.7 Å². The van der Waals surface area contributed by atoms with E-state index < -0.39 is 73.4 Å². The fourth-order valence-electron chi connectivity index (χ4n) is 14.1. The smallest absolute Gasteiger partial charge is 0.186 e. The Bertz CT molecular complexity index is 1320. The second-order valence-corrected chi connectivity index (χ2v) is 19.0. The van der Waals surface area contributed by atoms with Crippen LogP contribution in [0.5, 0.6) is 0 Å². The number of hydrogen-bond acceptors (Lipinski definition) is 13. The second-order valence-electron chi connectivity index (χ2n) is 19.0. The van der Waals surface area contributed by atoms with Gasteiger partial charge in [0.1, 0.15) is 42.7 Å². The van der Waals surface area contributed by atoms with Crippen LogP contribution in [0.2, 0.25) is 0 Å². The minimum atomic E-state index is -1.54. The average molecular weight is 727 g/mol. The van der Waals surface area contributed by atoms with Crippen LogP contribution in [0.1, 0.15) is 86.0 Å². The molecule has 0 bridgehead atoms. The molecule has 5 saturated carbocycles. The van der Waals surface area contributed by atoms with E-state index in [1.165, 1.54) is 0 Å². The van der Waals surface area contributed by atoms with Gasteiger partial charge in [0, 0.05) is 13.5 Å². The lowest BCUT2D eigenvalue weighted by molar-refractivity contribution is -0.335. The van der Waals surface area contributed by atoms with Gasteiger partial charge in [-0.2, -0.15) is 0 Å². The summed E-state index contributed by atoms with van der Waals surface area (Å²) in [7, 11) is 1.71. The van der Waals surface area contributed by atoms with E-state index in [1.807, 2.05) is 0 Å². The Morgan fingerprint density at radius 2 is 1.49 bits per heavy atom. The normalized spacial score (nSPS) is 60.3. The third-order valence-electron chi connectivity index (χ3n) is 16.7. The van der Waals surface area contributed by atoms with Gasteiger partial charge in [-0.1, -0.05) is 34.6 Å². The lowest BCUT2D eigenvalue weighted by Gasteiger charge is -2.65. The van der Waals surface area contributed by atoms with Crippen LogP contribution in [0, 0.1) is 50.7 Å². The molecule has 0 radical (unpaired) electrons. The molecular weight excluding hydrogens is 664 g/mol. The van der Waals surface area contributed by atoms with E-state index in [2.05, 4.69) is 34.6 Å². The van der Waals surface area contributed by atoms with Crippen molar-refractivity contribution in [3.05, 3.63) is 0 Å². The SMILES string of the molecule is CO[C@H]1C[C@@H](C)[C@H]2[C@H](C[C@@]3(C)[C@@H]4[C@@H](O[C@@H]5O[C@H](CO)[C@@H](O)[C@H](O)[C@H]5O)C[C@H]5C(C)(C)[C@@H](O[C@@H]6OC[C@@H](O)[C@H](O)[C@H]6O)CC[C@@]56C[C@@]46CC[C@]23C)O1. The molecule has 21 atom stereocenters. The van der Waals surface area contributed by atoms with Crippen molar-refractivity contribution in [2.75, 3.05) is 20.3 Å². The Labute approximate surface area is 300 Å².